The number of phenols is 1. The quantitative estimate of drug-likeness (QED) is 0.731. The van der Waals surface area contributed by atoms with E-state index in [0.29, 0.717) is 12.2 Å². The summed E-state index contributed by atoms with van der Waals surface area (Å²) in [7, 11) is 0. The zero-order chi connectivity index (χ0) is 16.7. The second-order valence-electron chi connectivity index (χ2n) is 8.41. The van der Waals surface area contributed by atoms with Gasteiger partial charge in [0, 0.05) is 17.5 Å². The average Bonchev–Trinajstić information content (AvgIpc) is 2.74. The van der Waals surface area contributed by atoms with E-state index in [0.717, 1.165) is 35.1 Å². The summed E-state index contributed by atoms with van der Waals surface area (Å²) >= 11 is 0. The molecule has 1 aromatic rings. The third-order valence-corrected chi connectivity index (χ3v) is 4.30. The molecule has 0 amide bonds. The van der Waals surface area contributed by atoms with E-state index in [4.69, 9.17) is 0 Å². The van der Waals surface area contributed by atoms with Crippen molar-refractivity contribution in [1.29, 1.82) is 0 Å². The zero-order valence-electron chi connectivity index (χ0n) is 14.7. The summed E-state index contributed by atoms with van der Waals surface area (Å²) in [5.41, 5.74) is 3.55. The minimum Gasteiger partial charge on any atom is -0.507 e. The first-order valence-corrected chi connectivity index (χ1v) is 8.12. The molecule has 1 fully saturated rings. The van der Waals surface area contributed by atoms with Crippen LogP contribution in [-0.2, 0) is 15.6 Å². The molecule has 0 bridgehead atoms. The van der Waals surface area contributed by atoms with Gasteiger partial charge in [0.2, 0.25) is 0 Å². The molecule has 1 aromatic carbocycles. The first-order valence-electron chi connectivity index (χ1n) is 8.12. The Hall–Kier alpha value is -1.57. The summed E-state index contributed by atoms with van der Waals surface area (Å²) in [6, 6.07) is 4.06. The monoisotopic (exact) mass is 300 g/mol. The lowest BCUT2D eigenvalue weighted by Crippen LogP contribution is -2.17. The fourth-order valence-electron chi connectivity index (χ4n) is 2.98. The number of rotatable bonds is 1. The molecule has 120 valence electrons. The number of carbonyl (C=O) groups excluding carboxylic acids is 1. The minimum absolute atomic E-state index is 0.141. The lowest BCUT2D eigenvalue weighted by molar-refractivity contribution is -0.114. The molecule has 1 aliphatic carbocycles. The Kier molecular flexibility index (Phi) is 4.25. The highest BCUT2D eigenvalue weighted by molar-refractivity contribution is 6.01. The molecular formula is C20H28O2. The third-order valence-electron chi connectivity index (χ3n) is 4.30. The van der Waals surface area contributed by atoms with Gasteiger partial charge in [0.25, 0.3) is 0 Å². The van der Waals surface area contributed by atoms with Crippen molar-refractivity contribution in [3.8, 4) is 5.75 Å². The summed E-state index contributed by atoms with van der Waals surface area (Å²) in [5.74, 6) is 0.655. The summed E-state index contributed by atoms with van der Waals surface area (Å²) in [6.07, 6.45) is 4.51. The van der Waals surface area contributed by atoms with Crippen LogP contribution < -0.4 is 0 Å². The molecule has 0 atom stereocenters. The van der Waals surface area contributed by atoms with Crippen LogP contribution in [0.4, 0.5) is 0 Å². The number of aromatic hydroxyl groups is 1. The number of phenolic OH excluding ortho intramolecular Hbond substituents is 1. The number of carbonyl (C=O) groups is 1. The van der Waals surface area contributed by atoms with Gasteiger partial charge in [-0.15, -0.1) is 0 Å². The minimum atomic E-state index is -0.141. The van der Waals surface area contributed by atoms with E-state index in [2.05, 4.69) is 41.5 Å². The molecule has 2 heteroatoms. The van der Waals surface area contributed by atoms with Gasteiger partial charge in [0.1, 0.15) is 5.75 Å². The van der Waals surface area contributed by atoms with Crippen molar-refractivity contribution in [2.75, 3.05) is 0 Å². The van der Waals surface area contributed by atoms with Crippen molar-refractivity contribution in [2.45, 2.75) is 71.6 Å². The number of Topliss-reactive ketones (excluding diaryl/α,β-unsaturated/α-hetero) is 1. The summed E-state index contributed by atoms with van der Waals surface area (Å²) < 4.78 is 0. The lowest BCUT2D eigenvalue weighted by atomic mass is 9.78. The highest BCUT2D eigenvalue weighted by atomic mass is 16.3. The Morgan fingerprint density at radius 1 is 0.955 bits per heavy atom. The van der Waals surface area contributed by atoms with Crippen LogP contribution in [0.25, 0.3) is 6.08 Å². The molecule has 0 spiro atoms. The van der Waals surface area contributed by atoms with Gasteiger partial charge in [-0.2, -0.15) is 0 Å². The molecular weight excluding hydrogens is 272 g/mol. The van der Waals surface area contributed by atoms with Gasteiger partial charge in [-0.25, -0.2) is 0 Å². The number of hydrogen-bond donors (Lipinski definition) is 1. The maximum absolute atomic E-state index is 11.9. The van der Waals surface area contributed by atoms with E-state index in [1.54, 1.807) is 0 Å². The Morgan fingerprint density at radius 2 is 1.45 bits per heavy atom. The van der Waals surface area contributed by atoms with Crippen molar-refractivity contribution < 1.29 is 9.90 Å². The number of allylic oxidation sites excluding steroid dienone is 1. The predicted molar refractivity (Wildman–Crippen MR) is 92.3 cm³/mol. The highest BCUT2D eigenvalue weighted by Crippen LogP contribution is 2.40. The van der Waals surface area contributed by atoms with Crippen molar-refractivity contribution in [3.63, 3.8) is 0 Å². The third kappa shape index (κ3) is 3.43. The largest absolute Gasteiger partial charge is 0.507 e. The van der Waals surface area contributed by atoms with Gasteiger partial charge in [-0.3, -0.25) is 4.79 Å². The van der Waals surface area contributed by atoms with E-state index >= 15 is 0 Å². The fourth-order valence-corrected chi connectivity index (χ4v) is 2.98. The van der Waals surface area contributed by atoms with E-state index in [1.807, 2.05) is 18.2 Å². The van der Waals surface area contributed by atoms with E-state index in [-0.39, 0.29) is 16.6 Å². The molecule has 1 N–H and O–H groups in total. The average molecular weight is 300 g/mol. The van der Waals surface area contributed by atoms with Gasteiger partial charge >= 0.3 is 0 Å². The van der Waals surface area contributed by atoms with Crippen LogP contribution in [0.2, 0.25) is 0 Å². The van der Waals surface area contributed by atoms with Gasteiger partial charge in [0.15, 0.2) is 5.78 Å². The molecule has 2 rings (SSSR count). The molecule has 0 aliphatic heterocycles. The van der Waals surface area contributed by atoms with Crippen LogP contribution >= 0.6 is 0 Å². The maximum atomic E-state index is 11.9. The second-order valence-corrected chi connectivity index (χ2v) is 8.41. The first kappa shape index (κ1) is 16.8. The Morgan fingerprint density at radius 3 is 1.82 bits per heavy atom. The van der Waals surface area contributed by atoms with E-state index in [1.165, 1.54) is 0 Å². The van der Waals surface area contributed by atoms with E-state index < -0.39 is 0 Å². The smallest absolute Gasteiger partial charge is 0.158 e. The van der Waals surface area contributed by atoms with E-state index in [9.17, 15) is 9.90 Å². The van der Waals surface area contributed by atoms with Gasteiger partial charge in [-0.05, 0) is 53.0 Å². The Bertz CT molecular complexity index is 587. The van der Waals surface area contributed by atoms with Crippen LogP contribution in [0.15, 0.2) is 17.7 Å². The lowest BCUT2D eigenvalue weighted by Gasteiger charge is -2.28. The first-order chi connectivity index (χ1) is 10.00. The number of hydrogen-bond acceptors (Lipinski definition) is 2. The Labute approximate surface area is 134 Å². The van der Waals surface area contributed by atoms with Crippen molar-refractivity contribution in [3.05, 3.63) is 34.4 Å². The normalized spacial score (nSPS) is 18.3. The topological polar surface area (TPSA) is 37.3 Å². The molecule has 1 saturated carbocycles. The molecule has 0 unspecified atom stereocenters. The summed E-state index contributed by atoms with van der Waals surface area (Å²) in [5, 5.41) is 10.7. The van der Waals surface area contributed by atoms with Gasteiger partial charge < -0.3 is 5.11 Å². The van der Waals surface area contributed by atoms with Crippen molar-refractivity contribution >= 4 is 11.9 Å². The Balaban J connectivity index is 2.63. The zero-order valence-corrected chi connectivity index (χ0v) is 14.7. The molecule has 1 aliphatic rings. The number of ketones is 1. The van der Waals surface area contributed by atoms with Crippen LogP contribution in [0, 0.1) is 0 Å². The van der Waals surface area contributed by atoms with Crippen LogP contribution in [0.5, 0.6) is 5.75 Å². The maximum Gasteiger partial charge on any atom is 0.158 e. The fraction of sp³-hybridized carbons (Fsp3) is 0.550. The van der Waals surface area contributed by atoms with Crippen LogP contribution in [-0.4, -0.2) is 10.9 Å². The summed E-state index contributed by atoms with van der Waals surface area (Å²) in [6.45, 7) is 12.6. The molecule has 0 radical (unpaired) electrons. The summed E-state index contributed by atoms with van der Waals surface area (Å²) in [4.78, 5) is 11.9. The molecule has 0 saturated heterocycles. The second kappa shape index (κ2) is 5.57. The standard InChI is InChI=1S/C20H28O2/c1-19(2,3)15-11-13(10-14-8-7-9-17(14)21)12-16(18(15)22)20(4,5)6/h10-12,22H,7-9H2,1-6H3/b14-10-. The molecule has 0 aromatic heterocycles. The SMILES string of the molecule is CC(C)(C)c1cc(/C=C2/CCCC2=O)cc(C(C)(C)C)c1O. The predicted octanol–water partition coefficient (Wildman–Crippen LogP) is 5.12. The number of benzene rings is 1. The van der Waals surface area contributed by atoms with Gasteiger partial charge in [0.05, 0.1) is 0 Å². The molecule has 0 heterocycles. The van der Waals surface area contributed by atoms with Crippen LogP contribution in [0.1, 0.15) is 77.5 Å². The van der Waals surface area contributed by atoms with Gasteiger partial charge in [-0.1, -0.05) is 41.5 Å². The van der Waals surface area contributed by atoms with Crippen molar-refractivity contribution in [1.82, 2.24) is 0 Å². The molecule has 22 heavy (non-hydrogen) atoms. The molecule has 2 nitrogen and oxygen atoms in total. The van der Waals surface area contributed by atoms with Crippen LogP contribution in [0.3, 0.4) is 0 Å². The highest BCUT2D eigenvalue weighted by Gasteiger charge is 2.26. The van der Waals surface area contributed by atoms with Crippen molar-refractivity contribution in [2.24, 2.45) is 0 Å².